The Balaban J connectivity index is 2.04. The molecule has 0 aromatic carbocycles. The minimum absolute atomic E-state index is 0.0273. The lowest BCUT2D eigenvalue weighted by Crippen LogP contribution is -2.21. The van der Waals surface area contributed by atoms with E-state index < -0.39 is 9.84 Å². The van der Waals surface area contributed by atoms with E-state index in [1.165, 1.54) is 11.7 Å². The van der Waals surface area contributed by atoms with Crippen molar-refractivity contribution in [2.75, 3.05) is 11.1 Å². The summed E-state index contributed by atoms with van der Waals surface area (Å²) in [6.07, 6.45) is 3.02. The van der Waals surface area contributed by atoms with Gasteiger partial charge in [0, 0.05) is 11.5 Å². The number of nitrogens with zero attached hydrogens (tertiary/aromatic N) is 2. The molecule has 0 radical (unpaired) electrons. The summed E-state index contributed by atoms with van der Waals surface area (Å²) in [4.78, 5) is 8.00. The molecule has 1 unspecified atom stereocenters. The topological polar surface area (TPSA) is 81.2 Å². The molecule has 6 nitrogen and oxygen atoms in total. The van der Waals surface area contributed by atoms with Gasteiger partial charge in [-0.2, -0.15) is 0 Å². The fourth-order valence-electron chi connectivity index (χ4n) is 1.58. The Bertz CT molecular complexity index is 554. The summed E-state index contributed by atoms with van der Waals surface area (Å²) < 4.78 is 28.0. The molecule has 7 heteroatoms. The van der Waals surface area contributed by atoms with Crippen molar-refractivity contribution in [2.24, 2.45) is 0 Å². The predicted octanol–water partition coefficient (Wildman–Crippen LogP) is 0.986. The Morgan fingerprint density at radius 3 is 2.83 bits per heavy atom. The van der Waals surface area contributed by atoms with Crippen molar-refractivity contribution in [2.45, 2.75) is 26.0 Å². The molecule has 0 saturated carbocycles. The second kappa shape index (κ2) is 4.93. The number of anilines is 1. The molecule has 0 saturated heterocycles. The van der Waals surface area contributed by atoms with Gasteiger partial charge in [-0.15, -0.1) is 0 Å². The Morgan fingerprint density at radius 2 is 2.22 bits per heavy atom. The van der Waals surface area contributed by atoms with Gasteiger partial charge >= 0.3 is 0 Å². The Hall–Kier alpha value is -1.63. The number of hydrogen-bond donors (Lipinski definition) is 1. The van der Waals surface area contributed by atoms with Gasteiger partial charge in [-0.3, -0.25) is 0 Å². The van der Waals surface area contributed by atoms with Crippen LogP contribution in [0.1, 0.15) is 13.8 Å². The molecular weight excluding hydrogens is 254 g/mol. The first-order valence-electron chi connectivity index (χ1n) is 5.61. The summed E-state index contributed by atoms with van der Waals surface area (Å²) >= 11 is 0. The zero-order valence-corrected chi connectivity index (χ0v) is 11.0. The van der Waals surface area contributed by atoms with E-state index in [-0.39, 0.29) is 17.9 Å². The number of sulfone groups is 1. The summed E-state index contributed by atoms with van der Waals surface area (Å²) in [6.45, 7) is 3.81. The number of hydrogen-bond acceptors (Lipinski definition) is 6. The lowest BCUT2D eigenvalue weighted by atomic mass is 10.3. The molecule has 98 valence electrons. The average molecular weight is 269 g/mol. The third-order valence-electron chi connectivity index (χ3n) is 2.26. The standard InChI is InChI=1S/C11H15N3O3S/c1-8(2)17-11-5-10(12-7-13-11)14-9-3-4-18(15,16)6-9/h3-5,7-9H,6H2,1-2H3,(H,12,13,14). The third kappa shape index (κ3) is 3.43. The molecule has 0 aliphatic carbocycles. The zero-order valence-electron chi connectivity index (χ0n) is 10.2. The van der Waals surface area contributed by atoms with Crippen LogP contribution in [0.3, 0.4) is 0 Å². The molecule has 1 aliphatic rings. The van der Waals surface area contributed by atoms with Crippen molar-refractivity contribution >= 4 is 15.7 Å². The molecule has 0 fully saturated rings. The van der Waals surface area contributed by atoms with Gasteiger partial charge in [0.15, 0.2) is 9.84 Å². The average Bonchev–Trinajstić information content (AvgIpc) is 2.57. The molecule has 18 heavy (non-hydrogen) atoms. The van der Waals surface area contributed by atoms with Crippen LogP contribution < -0.4 is 10.1 Å². The van der Waals surface area contributed by atoms with Gasteiger partial charge < -0.3 is 10.1 Å². The highest BCUT2D eigenvalue weighted by atomic mass is 32.2. The van der Waals surface area contributed by atoms with Gasteiger partial charge in [0.2, 0.25) is 5.88 Å². The van der Waals surface area contributed by atoms with Gasteiger partial charge in [0.1, 0.15) is 12.1 Å². The highest BCUT2D eigenvalue weighted by Gasteiger charge is 2.21. The van der Waals surface area contributed by atoms with E-state index in [1.807, 2.05) is 13.8 Å². The number of ether oxygens (including phenoxy) is 1. The normalized spacial score (nSPS) is 21.2. The van der Waals surface area contributed by atoms with Crippen LogP contribution in [0.15, 0.2) is 23.9 Å². The largest absolute Gasteiger partial charge is 0.475 e. The van der Waals surface area contributed by atoms with Gasteiger partial charge in [0.25, 0.3) is 0 Å². The van der Waals surface area contributed by atoms with Crippen molar-refractivity contribution in [1.82, 2.24) is 9.97 Å². The zero-order chi connectivity index (χ0) is 13.2. The monoisotopic (exact) mass is 269 g/mol. The SMILES string of the molecule is CC(C)Oc1cc(NC2C=CS(=O)(=O)C2)ncn1. The van der Waals surface area contributed by atoms with E-state index >= 15 is 0 Å². The van der Waals surface area contributed by atoms with Crippen LogP contribution in [0.4, 0.5) is 5.82 Å². The van der Waals surface area contributed by atoms with Crippen LogP contribution in [0, 0.1) is 0 Å². The highest BCUT2D eigenvalue weighted by Crippen LogP contribution is 2.16. The molecule has 2 heterocycles. The van der Waals surface area contributed by atoms with Crippen molar-refractivity contribution in [3.8, 4) is 5.88 Å². The molecule has 0 amide bonds. The van der Waals surface area contributed by atoms with E-state index in [2.05, 4.69) is 15.3 Å². The van der Waals surface area contributed by atoms with Crippen LogP contribution in [0.2, 0.25) is 0 Å². The molecule has 1 N–H and O–H groups in total. The van der Waals surface area contributed by atoms with Crippen LogP contribution in [-0.2, 0) is 9.84 Å². The maximum atomic E-state index is 11.3. The molecule has 1 aromatic heterocycles. The second-order valence-electron chi connectivity index (χ2n) is 4.32. The summed E-state index contributed by atoms with van der Waals surface area (Å²) in [6, 6.07) is 1.40. The predicted molar refractivity (Wildman–Crippen MR) is 68.1 cm³/mol. The first-order valence-corrected chi connectivity index (χ1v) is 7.32. The van der Waals surface area contributed by atoms with Gasteiger partial charge in [0.05, 0.1) is 17.9 Å². The summed E-state index contributed by atoms with van der Waals surface area (Å²) in [5.41, 5.74) is 0. The maximum absolute atomic E-state index is 11.3. The molecule has 1 atom stereocenters. The van der Waals surface area contributed by atoms with Crippen molar-refractivity contribution in [3.05, 3.63) is 23.9 Å². The van der Waals surface area contributed by atoms with Crippen LogP contribution in [0.5, 0.6) is 5.88 Å². The van der Waals surface area contributed by atoms with E-state index in [0.717, 1.165) is 0 Å². The van der Waals surface area contributed by atoms with Crippen molar-refractivity contribution in [3.63, 3.8) is 0 Å². The summed E-state index contributed by atoms with van der Waals surface area (Å²) in [7, 11) is -3.06. The van der Waals surface area contributed by atoms with E-state index in [4.69, 9.17) is 4.74 Å². The number of rotatable bonds is 4. The molecule has 0 spiro atoms. The Labute approximate surface area is 106 Å². The third-order valence-corrected chi connectivity index (χ3v) is 3.66. The highest BCUT2D eigenvalue weighted by molar-refractivity contribution is 7.94. The van der Waals surface area contributed by atoms with Gasteiger partial charge in [-0.25, -0.2) is 18.4 Å². The Kier molecular flexibility index (Phi) is 3.51. The lowest BCUT2D eigenvalue weighted by molar-refractivity contribution is 0.232. The van der Waals surface area contributed by atoms with E-state index in [1.54, 1.807) is 12.1 Å². The van der Waals surface area contributed by atoms with E-state index in [9.17, 15) is 8.42 Å². The second-order valence-corrected chi connectivity index (χ2v) is 6.25. The van der Waals surface area contributed by atoms with Crippen LogP contribution >= 0.6 is 0 Å². The van der Waals surface area contributed by atoms with Crippen LogP contribution in [0.25, 0.3) is 0 Å². The van der Waals surface area contributed by atoms with Crippen LogP contribution in [-0.4, -0.2) is 36.3 Å². The number of nitrogens with one attached hydrogen (secondary N) is 1. The van der Waals surface area contributed by atoms with E-state index in [0.29, 0.717) is 11.7 Å². The molecular formula is C11H15N3O3S. The fraction of sp³-hybridized carbons (Fsp3) is 0.455. The molecule has 0 bridgehead atoms. The van der Waals surface area contributed by atoms with Gasteiger partial charge in [-0.05, 0) is 19.9 Å². The molecule has 1 aliphatic heterocycles. The van der Waals surface area contributed by atoms with Crippen molar-refractivity contribution in [1.29, 1.82) is 0 Å². The number of aromatic nitrogens is 2. The summed E-state index contributed by atoms with van der Waals surface area (Å²) in [5.74, 6) is 1.07. The summed E-state index contributed by atoms with van der Waals surface area (Å²) in [5, 5.41) is 4.23. The molecule has 1 aromatic rings. The quantitative estimate of drug-likeness (QED) is 0.877. The minimum Gasteiger partial charge on any atom is -0.475 e. The Morgan fingerprint density at radius 1 is 1.44 bits per heavy atom. The first-order chi connectivity index (χ1) is 8.44. The molecule has 2 rings (SSSR count). The van der Waals surface area contributed by atoms with Crippen molar-refractivity contribution < 1.29 is 13.2 Å². The fourth-order valence-corrected chi connectivity index (χ4v) is 2.82. The van der Waals surface area contributed by atoms with Gasteiger partial charge in [-0.1, -0.05) is 0 Å². The lowest BCUT2D eigenvalue weighted by Gasteiger charge is -2.12. The first kappa shape index (κ1) is 12.8. The minimum atomic E-state index is -3.06. The maximum Gasteiger partial charge on any atom is 0.218 e. The smallest absolute Gasteiger partial charge is 0.218 e.